The van der Waals surface area contributed by atoms with Gasteiger partial charge in [-0.1, -0.05) is 5.16 Å². The second-order valence-electron chi connectivity index (χ2n) is 4.50. The lowest BCUT2D eigenvalue weighted by Gasteiger charge is -2.02. The molecule has 1 aromatic carbocycles. The van der Waals surface area contributed by atoms with Crippen LogP contribution in [-0.2, 0) is 0 Å². The molecule has 0 bridgehead atoms. The minimum Gasteiger partial charge on any atom is -0.507 e. The van der Waals surface area contributed by atoms with Crippen molar-refractivity contribution in [2.45, 2.75) is 6.92 Å². The molecule has 0 aliphatic heterocycles. The van der Waals surface area contributed by atoms with Crippen molar-refractivity contribution in [2.24, 2.45) is 0 Å². The lowest BCUT2D eigenvalue weighted by Crippen LogP contribution is -1.87. The molecule has 2 aromatic heterocycles. The number of benzene rings is 1. The quantitative estimate of drug-likeness (QED) is 0.796. The monoisotopic (exact) mass is 283 g/mol. The Bertz CT molecular complexity index is 783. The van der Waals surface area contributed by atoms with Crippen molar-refractivity contribution in [2.75, 3.05) is 7.11 Å². The summed E-state index contributed by atoms with van der Waals surface area (Å²) in [6.45, 7) is 1.92. The number of methoxy groups -OCH3 is 1. The average Bonchev–Trinajstić information content (AvgIpc) is 2.97. The van der Waals surface area contributed by atoms with Gasteiger partial charge in [-0.2, -0.15) is 4.98 Å². The van der Waals surface area contributed by atoms with Crippen LogP contribution in [0.1, 0.15) is 5.56 Å². The number of hydrogen-bond acceptors (Lipinski definition) is 6. The Kier molecular flexibility index (Phi) is 3.27. The molecule has 0 aliphatic carbocycles. The molecule has 0 saturated heterocycles. The van der Waals surface area contributed by atoms with Crippen molar-refractivity contribution < 1.29 is 14.4 Å². The molecular weight excluding hydrogens is 270 g/mol. The van der Waals surface area contributed by atoms with E-state index in [1.807, 2.05) is 13.0 Å². The Labute approximate surface area is 121 Å². The first-order chi connectivity index (χ1) is 10.2. The van der Waals surface area contributed by atoms with Crippen LogP contribution in [0.2, 0.25) is 0 Å². The molecule has 0 aliphatic rings. The normalized spacial score (nSPS) is 10.6. The van der Waals surface area contributed by atoms with E-state index >= 15 is 0 Å². The fourth-order valence-corrected chi connectivity index (χ4v) is 1.99. The maximum atomic E-state index is 9.99. The SMILES string of the molecule is COc1ccc(-c2nc(-c3ccncc3C)no2)c(O)c1. The van der Waals surface area contributed by atoms with E-state index in [0.717, 1.165) is 11.1 Å². The van der Waals surface area contributed by atoms with Gasteiger partial charge in [-0.3, -0.25) is 4.98 Å². The molecule has 0 radical (unpaired) electrons. The first-order valence-corrected chi connectivity index (χ1v) is 6.31. The van der Waals surface area contributed by atoms with E-state index in [0.29, 0.717) is 17.1 Å². The molecule has 0 fully saturated rings. The third-order valence-electron chi connectivity index (χ3n) is 3.12. The van der Waals surface area contributed by atoms with E-state index in [-0.39, 0.29) is 11.6 Å². The van der Waals surface area contributed by atoms with E-state index in [1.165, 1.54) is 13.2 Å². The highest BCUT2D eigenvalue weighted by Gasteiger charge is 2.15. The van der Waals surface area contributed by atoms with Gasteiger partial charge in [0.25, 0.3) is 5.89 Å². The fourth-order valence-electron chi connectivity index (χ4n) is 1.99. The smallest absolute Gasteiger partial charge is 0.262 e. The maximum Gasteiger partial charge on any atom is 0.262 e. The van der Waals surface area contributed by atoms with Gasteiger partial charge >= 0.3 is 0 Å². The van der Waals surface area contributed by atoms with Crippen molar-refractivity contribution in [3.05, 3.63) is 42.2 Å². The van der Waals surface area contributed by atoms with Gasteiger partial charge in [0.1, 0.15) is 11.5 Å². The zero-order valence-corrected chi connectivity index (χ0v) is 11.6. The van der Waals surface area contributed by atoms with Gasteiger partial charge in [0.05, 0.1) is 12.7 Å². The third kappa shape index (κ3) is 2.43. The summed E-state index contributed by atoms with van der Waals surface area (Å²) in [6, 6.07) is 6.70. The Balaban J connectivity index is 2.01. The molecule has 0 unspecified atom stereocenters. The Morgan fingerprint density at radius 2 is 2.05 bits per heavy atom. The van der Waals surface area contributed by atoms with Gasteiger partial charge in [0, 0.05) is 24.0 Å². The van der Waals surface area contributed by atoms with Crippen LogP contribution < -0.4 is 4.74 Å². The molecule has 106 valence electrons. The van der Waals surface area contributed by atoms with Crippen LogP contribution in [0.15, 0.2) is 41.2 Å². The number of aromatic hydroxyl groups is 1. The number of aromatic nitrogens is 3. The molecule has 6 nitrogen and oxygen atoms in total. The topological polar surface area (TPSA) is 81.3 Å². The summed E-state index contributed by atoms with van der Waals surface area (Å²) in [6.07, 6.45) is 3.40. The van der Waals surface area contributed by atoms with Gasteiger partial charge in [-0.05, 0) is 30.7 Å². The molecule has 0 spiro atoms. The number of nitrogens with zero attached hydrogens (tertiary/aromatic N) is 3. The number of ether oxygens (including phenoxy) is 1. The second kappa shape index (κ2) is 5.24. The van der Waals surface area contributed by atoms with Gasteiger partial charge in [-0.15, -0.1) is 0 Å². The van der Waals surface area contributed by atoms with Crippen molar-refractivity contribution in [1.29, 1.82) is 0 Å². The first-order valence-electron chi connectivity index (χ1n) is 6.31. The zero-order valence-electron chi connectivity index (χ0n) is 11.6. The Hall–Kier alpha value is -2.89. The van der Waals surface area contributed by atoms with Crippen molar-refractivity contribution >= 4 is 0 Å². The van der Waals surface area contributed by atoms with E-state index < -0.39 is 0 Å². The van der Waals surface area contributed by atoms with E-state index in [9.17, 15) is 5.11 Å². The molecule has 3 aromatic rings. The molecule has 21 heavy (non-hydrogen) atoms. The summed E-state index contributed by atoms with van der Waals surface area (Å²) in [7, 11) is 1.53. The molecule has 0 atom stereocenters. The average molecular weight is 283 g/mol. The predicted octanol–water partition coefficient (Wildman–Crippen LogP) is 2.82. The van der Waals surface area contributed by atoms with Crippen LogP contribution in [0.25, 0.3) is 22.8 Å². The maximum absolute atomic E-state index is 9.99. The first kappa shape index (κ1) is 13.1. The Morgan fingerprint density at radius 1 is 1.19 bits per heavy atom. The van der Waals surface area contributed by atoms with Crippen LogP contribution in [0.5, 0.6) is 11.5 Å². The number of hydrogen-bond donors (Lipinski definition) is 1. The van der Waals surface area contributed by atoms with Crippen LogP contribution in [0, 0.1) is 6.92 Å². The largest absolute Gasteiger partial charge is 0.507 e. The van der Waals surface area contributed by atoms with Crippen LogP contribution in [0.4, 0.5) is 0 Å². The van der Waals surface area contributed by atoms with Crippen molar-refractivity contribution in [3.8, 4) is 34.3 Å². The molecule has 3 rings (SSSR count). The number of rotatable bonds is 3. The van der Waals surface area contributed by atoms with Gasteiger partial charge in [-0.25, -0.2) is 0 Å². The summed E-state index contributed by atoms with van der Waals surface area (Å²) < 4.78 is 10.3. The number of phenolic OH excluding ortho intramolecular Hbond substituents is 1. The molecule has 6 heteroatoms. The summed E-state index contributed by atoms with van der Waals surface area (Å²) in [5.74, 6) is 1.29. The van der Waals surface area contributed by atoms with Crippen molar-refractivity contribution in [1.82, 2.24) is 15.1 Å². The highest BCUT2D eigenvalue weighted by Crippen LogP contribution is 2.32. The molecular formula is C15H13N3O3. The van der Waals surface area contributed by atoms with Crippen LogP contribution in [-0.4, -0.2) is 27.3 Å². The van der Waals surface area contributed by atoms with E-state index in [2.05, 4.69) is 15.1 Å². The molecule has 1 N–H and O–H groups in total. The predicted molar refractivity (Wildman–Crippen MR) is 75.9 cm³/mol. The Morgan fingerprint density at radius 3 is 2.76 bits per heavy atom. The van der Waals surface area contributed by atoms with Gasteiger partial charge in [0.15, 0.2) is 0 Å². The molecule has 0 saturated carbocycles. The summed E-state index contributed by atoms with van der Waals surface area (Å²) in [5, 5.41) is 13.9. The number of phenols is 1. The standard InChI is InChI=1S/C15H13N3O3/c1-9-8-16-6-5-11(9)14-17-15(21-18-14)12-4-3-10(20-2)7-13(12)19/h3-8,19H,1-2H3. The van der Waals surface area contributed by atoms with Crippen LogP contribution >= 0.6 is 0 Å². The molecule has 0 amide bonds. The number of aryl methyl sites for hydroxylation is 1. The van der Waals surface area contributed by atoms with E-state index in [4.69, 9.17) is 9.26 Å². The number of pyridine rings is 1. The highest BCUT2D eigenvalue weighted by atomic mass is 16.5. The lowest BCUT2D eigenvalue weighted by molar-refractivity contribution is 0.405. The van der Waals surface area contributed by atoms with Gasteiger partial charge < -0.3 is 14.4 Å². The molecule has 2 heterocycles. The summed E-state index contributed by atoms with van der Waals surface area (Å²) >= 11 is 0. The summed E-state index contributed by atoms with van der Waals surface area (Å²) in [5.41, 5.74) is 2.25. The highest BCUT2D eigenvalue weighted by molar-refractivity contribution is 5.66. The summed E-state index contributed by atoms with van der Waals surface area (Å²) in [4.78, 5) is 8.35. The second-order valence-corrected chi connectivity index (χ2v) is 4.50. The minimum atomic E-state index is 0.0241. The zero-order chi connectivity index (χ0) is 14.8. The minimum absolute atomic E-state index is 0.0241. The fraction of sp³-hybridized carbons (Fsp3) is 0.133. The third-order valence-corrected chi connectivity index (χ3v) is 3.12. The lowest BCUT2D eigenvalue weighted by atomic mass is 10.1. The van der Waals surface area contributed by atoms with E-state index in [1.54, 1.807) is 24.5 Å². The van der Waals surface area contributed by atoms with Crippen LogP contribution in [0.3, 0.4) is 0 Å². The van der Waals surface area contributed by atoms with Gasteiger partial charge in [0.2, 0.25) is 5.82 Å². The van der Waals surface area contributed by atoms with Crippen molar-refractivity contribution in [3.63, 3.8) is 0 Å².